The monoisotopic (exact) mass is 411 g/mol. The van der Waals surface area contributed by atoms with Crippen LogP contribution in [0.4, 0.5) is 5.69 Å². The van der Waals surface area contributed by atoms with Crippen LogP contribution in [0.1, 0.15) is 42.4 Å². The predicted molar refractivity (Wildman–Crippen MR) is 125 cm³/mol. The molecule has 0 aliphatic rings. The number of anilines is 1. The fourth-order valence-electron chi connectivity index (χ4n) is 3.69. The fraction of sp³-hybridized carbons (Fsp3) is 0.192. The zero-order valence-electron chi connectivity index (χ0n) is 17.9. The molecule has 156 valence electrons. The van der Waals surface area contributed by atoms with Crippen molar-refractivity contribution in [3.05, 3.63) is 106 Å². The second kappa shape index (κ2) is 8.19. The van der Waals surface area contributed by atoms with Gasteiger partial charge in [-0.05, 0) is 28.7 Å². The molecule has 31 heavy (non-hydrogen) atoms. The number of carbonyl (C=O) groups is 1. The molecule has 0 aliphatic heterocycles. The highest BCUT2D eigenvalue weighted by Crippen LogP contribution is 2.29. The summed E-state index contributed by atoms with van der Waals surface area (Å²) < 4.78 is 1.36. The van der Waals surface area contributed by atoms with E-state index in [0.29, 0.717) is 17.3 Å². The maximum Gasteiger partial charge on any atom is 0.276 e. The molecule has 0 saturated carbocycles. The van der Waals surface area contributed by atoms with Crippen LogP contribution >= 0.6 is 0 Å². The highest BCUT2D eigenvalue weighted by molar-refractivity contribution is 6.11. The van der Waals surface area contributed by atoms with Crippen molar-refractivity contribution in [1.82, 2.24) is 9.78 Å². The lowest BCUT2D eigenvalue weighted by Crippen LogP contribution is -2.28. The summed E-state index contributed by atoms with van der Waals surface area (Å²) >= 11 is 0. The van der Waals surface area contributed by atoms with Crippen LogP contribution in [0, 0.1) is 0 Å². The average molecular weight is 412 g/mol. The predicted octanol–water partition coefficient (Wildman–Crippen LogP) is 4.99. The zero-order chi connectivity index (χ0) is 22.0. The molecule has 0 radical (unpaired) electrons. The molecule has 5 nitrogen and oxygen atoms in total. The van der Waals surface area contributed by atoms with E-state index in [1.165, 1.54) is 4.68 Å². The molecule has 4 rings (SSSR count). The summed E-state index contributed by atoms with van der Waals surface area (Å²) in [4.78, 5) is 26.4. The minimum absolute atomic E-state index is 0.133. The normalized spacial score (nSPS) is 11.5. The maximum absolute atomic E-state index is 13.3. The van der Waals surface area contributed by atoms with Gasteiger partial charge in [0.1, 0.15) is 0 Å². The Bertz CT molecular complexity index is 1300. The van der Waals surface area contributed by atoms with Gasteiger partial charge >= 0.3 is 0 Å². The van der Waals surface area contributed by atoms with Crippen LogP contribution in [0.5, 0.6) is 0 Å². The molecule has 0 spiro atoms. The molecular formula is C26H25N3O2. The summed E-state index contributed by atoms with van der Waals surface area (Å²) in [5.41, 5.74) is 2.60. The largest absolute Gasteiger partial charge is 0.320 e. The number of nitrogens with zero attached hydrogens (tertiary/aromatic N) is 2. The van der Waals surface area contributed by atoms with E-state index < -0.39 is 0 Å². The number of hydrogen-bond acceptors (Lipinski definition) is 3. The molecule has 0 atom stereocenters. The van der Waals surface area contributed by atoms with Crippen LogP contribution in [0.15, 0.2) is 83.7 Å². The van der Waals surface area contributed by atoms with Gasteiger partial charge in [-0.2, -0.15) is 5.10 Å². The van der Waals surface area contributed by atoms with Crippen LogP contribution in [-0.2, 0) is 12.0 Å². The summed E-state index contributed by atoms with van der Waals surface area (Å²) in [6.07, 6.45) is 0. The number of para-hydroxylation sites is 1. The van der Waals surface area contributed by atoms with Crippen molar-refractivity contribution in [2.24, 2.45) is 0 Å². The molecule has 0 saturated heterocycles. The number of hydrogen-bond donors (Lipinski definition) is 1. The summed E-state index contributed by atoms with van der Waals surface area (Å²) in [7, 11) is 0. The SMILES string of the molecule is CC(C)(C)c1ccccc1NC(=O)c1nn(Cc2ccccc2)c(=O)c2ccccc12. The van der Waals surface area contributed by atoms with Crippen molar-refractivity contribution in [3.8, 4) is 0 Å². The van der Waals surface area contributed by atoms with Gasteiger partial charge < -0.3 is 5.32 Å². The Hall–Kier alpha value is -3.73. The minimum Gasteiger partial charge on any atom is -0.320 e. The van der Waals surface area contributed by atoms with Gasteiger partial charge in [0, 0.05) is 11.1 Å². The van der Waals surface area contributed by atoms with Crippen molar-refractivity contribution in [1.29, 1.82) is 0 Å². The van der Waals surface area contributed by atoms with Gasteiger partial charge in [-0.3, -0.25) is 9.59 Å². The van der Waals surface area contributed by atoms with E-state index in [0.717, 1.165) is 16.8 Å². The van der Waals surface area contributed by atoms with Crippen LogP contribution in [0.2, 0.25) is 0 Å². The standard InChI is InChI=1S/C26H25N3O2/c1-26(2,3)21-15-9-10-16-22(21)27-24(30)23-19-13-7-8-14-20(19)25(31)29(28-23)17-18-11-5-4-6-12-18/h4-16H,17H2,1-3H3,(H,27,30). The van der Waals surface area contributed by atoms with E-state index in [9.17, 15) is 9.59 Å². The highest BCUT2D eigenvalue weighted by atomic mass is 16.2. The van der Waals surface area contributed by atoms with Gasteiger partial charge in [0.25, 0.3) is 11.5 Å². The first-order valence-corrected chi connectivity index (χ1v) is 10.3. The number of benzene rings is 3. The van der Waals surface area contributed by atoms with Crippen LogP contribution in [-0.4, -0.2) is 15.7 Å². The number of rotatable bonds is 4. The van der Waals surface area contributed by atoms with Gasteiger partial charge in [-0.15, -0.1) is 0 Å². The van der Waals surface area contributed by atoms with E-state index in [4.69, 9.17) is 0 Å². The third-order valence-electron chi connectivity index (χ3n) is 5.24. The van der Waals surface area contributed by atoms with Gasteiger partial charge in [0.15, 0.2) is 5.69 Å². The van der Waals surface area contributed by atoms with Crippen molar-refractivity contribution in [2.45, 2.75) is 32.7 Å². The lowest BCUT2D eigenvalue weighted by molar-refractivity contribution is 0.102. The molecule has 4 aromatic rings. The number of aromatic nitrogens is 2. The molecule has 1 heterocycles. The van der Waals surface area contributed by atoms with E-state index in [2.05, 4.69) is 31.2 Å². The average Bonchev–Trinajstić information content (AvgIpc) is 2.76. The Labute approximate surface area is 181 Å². The molecule has 0 bridgehead atoms. The third kappa shape index (κ3) is 4.26. The van der Waals surface area contributed by atoms with E-state index in [1.54, 1.807) is 18.2 Å². The molecule has 0 unspecified atom stereocenters. The van der Waals surface area contributed by atoms with Crippen LogP contribution in [0.25, 0.3) is 10.8 Å². The summed E-state index contributed by atoms with van der Waals surface area (Å²) in [5.74, 6) is -0.338. The first kappa shape index (κ1) is 20.5. The second-order valence-electron chi connectivity index (χ2n) is 8.59. The van der Waals surface area contributed by atoms with E-state index >= 15 is 0 Å². The smallest absolute Gasteiger partial charge is 0.276 e. The lowest BCUT2D eigenvalue weighted by atomic mass is 9.86. The fourth-order valence-corrected chi connectivity index (χ4v) is 3.69. The molecule has 0 fully saturated rings. The molecular weight excluding hydrogens is 386 g/mol. The zero-order valence-corrected chi connectivity index (χ0v) is 17.9. The Kier molecular flexibility index (Phi) is 5.42. The van der Waals surface area contributed by atoms with Crippen molar-refractivity contribution >= 4 is 22.4 Å². The number of nitrogens with one attached hydrogen (secondary N) is 1. The molecule has 0 aliphatic carbocycles. The third-order valence-corrected chi connectivity index (χ3v) is 5.24. The summed E-state index contributed by atoms with van der Waals surface area (Å²) in [6, 6.07) is 24.5. The van der Waals surface area contributed by atoms with Gasteiger partial charge in [-0.1, -0.05) is 87.5 Å². The van der Waals surface area contributed by atoms with Crippen LogP contribution in [0.3, 0.4) is 0 Å². The summed E-state index contributed by atoms with van der Waals surface area (Å²) in [6.45, 7) is 6.60. The Morgan fingerprint density at radius 3 is 2.19 bits per heavy atom. The first-order valence-electron chi connectivity index (χ1n) is 10.3. The minimum atomic E-state index is -0.338. The Morgan fingerprint density at radius 1 is 0.871 bits per heavy atom. The van der Waals surface area contributed by atoms with Crippen LogP contribution < -0.4 is 10.9 Å². The van der Waals surface area contributed by atoms with Gasteiger partial charge in [0.2, 0.25) is 0 Å². The quantitative estimate of drug-likeness (QED) is 0.514. The van der Waals surface area contributed by atoms with Gasteiger partial charge in [-0.25, -0.2) is 4.68 Å². The second-order valence-corrected chi connectivity index (χ2v) is 8.59. The Morgan fingerprint density at radius 2 is 1.48 bits per heavy atom. The summed E-state index contributed by atoms with van der Waals surface area (Å²) in [5, 5.41) is 8.51. The van der Waals surface area contributed by atoms with Crippen molar-refractivity contribution < 1.29 is 4.79 Å². The maximum atomic E-state index is 13.3. The molecule has 3 aromatic carbocycles. The number of carbonyl (C=O) groups excluding carboxylic acids is 1. The van der Waals surface area contributed by atoms with Crippen molar-refractivity contribution in [3.63, 3.8) is 0 Å². The van der Waals surface area contributed by atoms with Gasteiger partial charge in [0.05, 0.1) is 11.9 Å². The molecule has 1 N–H and O–H groups in total. The van der Waals surface area contributed by atoms with E-state index in [1.807, 2.05) is 60.7 Å². The number of fused-ring (bicyclic) bond motifs is 1. The highest BCUT2D eigenvalue weighted by Gasteiger charge is 2.21. The first-order chi connectivity index (χ1) is 14.8. The molecule has 5 heteroatoms. The molecule has 1 amide bonds. The lowest BCUT2D eigenvalue weighted by Gasteiger charge is -2.23. The number of amides is 1. The Balaban J connectivity index is 1.80. The molecule has 1 aromatic heterocycles. The van der Waals surface area contributed by atoms with E-state index in [-0.39, 0.29) is 22.6 Å². The van der Waals surface area contributed by atoms with Crippen molar-refractivity contribution in [2.75, 3.05) is 5.32 Å². The topological polar surface area (TPSA) is 64.0 Å².